The van der Waals surface area contributed by atoms with E-state index >= 15 is 0 Å². The lowest BCUT2D eigenvalue weighted by Gasteiger charge is -2.43. The van der Waals surface area contributed by atoms with Crippen LogP contribution in [-0.2, 0) is 0 Å². The maximum Gasteiger partial charge on any atom is 0.190 e. The third kappa shape index (κ3) is 3.12. The third-order valence-corrected chi connectivity index (χ3v) is 5.20. The van der Waals surface area contributed by atoms with Gasteiger partial charge in [0, 0.05) is 50.8 Å². The number of guanidine groups is 1. The van der Waals surface area contributed by atoms with Crippen molar-refractivity contribution in [2.45, 2.75) is 31.2 Å². The van der Waals surface area contributed by atoms with Gasteiger partial charge in [-0.15, -0.1) is 0 Å². The van der Waals surface area contributed by atoms with E-state index in [1.165, 1.54) is 50.3 Å². The molecule has 0 radical (unpaired) electrons. The highest BCUT2D eigenvalue weighted by Crippen LogP contribution is 2.36. The average molecular weight is 270 g/mol. The molecule has 18 heavy (non-hydrogen) atoms. The Morgan fingerprint density at radius 1 is 1.28 bits per heavy atom. The molecule has 0 atom stereocenters. The first-order valence-electron chi connectivity index (χ1n) is 7.02. The van der Waals surface area contributed by atoms with Crippen molar-refractivity contribution in [2.24, 2.45) is 4.99 Å². The first kappa shape index (κ1) is 14.0. The highest BCUT2D eigenvalue weighted by molar-refractivity contribution is 7.99. The van der Waals surface area contributed by atoms with Gasteiger partial charge in [0.05, 0.1) is 0 Å². The van der Waals surface area contributed by atoms with Gasteiger partial charge in [-0.1, -0.05) is 12.8 Å². The van der Waals surface area contributed by atoms with Crippen molar-refractivity contribution in [3.05, 3.63) is 0 Å². The van der Waals surface area contributed by atoms with Gasteiger partial charge in [-0.2, -0.15) is 11.8 Å². The summed E-state index contributed by atoms with van der Waals surface area (Å²) in [6.07, 6.45) is 5.43. The minimum Gasteiger partial charge on any atom is -0.359 e. The molecule has 2 N–H and O–H groups in total. The van der Waals surface area contributed by atoms with Crippen LogP contribution in [0.5, 0.6) is 0 Å². The van der Waals surface area contributed by atoms with Crippen LogP contribution in [-0.4, -0.2) is 61.6 Å². The van der Waals surface area contributed by atoms with Crippen molar-refractivity contribution in [3.8, 4) is 0 Å². The Morgan fingerprint density at radius 2 is 1.94 bits per heavy atom. The van der Waals surface area contributed by atoms with Crippen LogP contribution in [0.4, 0.5) is 0 Å². The topological polar surface area (TPSA) is 39.7 Å². The molecule has 0 spiro atoms. The number of hydrogen-bond donors (Lipinski definition) is 2. The van der Waals surface area contributed by atoms with Crippen LogP contribution in [0.3, 0.4) is 0 Å². The lowest BCUT2D eigenvalue weighted by atomic mass is 9.94. The summed E-state index contributed by atoms with van der Waals surface area (Å²) in [6, 6.07) is 0. The molecular weight excluding hydrogens is 244 g/mol. The second-order valence-electron chi connectivity index (χ2n) is 5.21. The van der Waals surface area contributed by atoms with Crippen molar-refractivity contribution in [2.75, 3.05) is 45.2 Å². The molecule has 0 aromatic carbocycles. The Hall–Kier alpha value is -0.420. The Morgan fingerprint density at radius 3 is 2.50 bits per heavy atom. The molecule has 1 heterocycles. The van der Waals surface area contributed by atoms with E-state index in [1.807, 2.05) is 14.1 Å². The zero-order valence-corrected chi connectivity index (χ0v) is 12.5. The molecule has 0 unspecified atom stereocenters. The van der Waals surface area contributed by atoms with E-state index in [1.54, 1.807) is 0 Å². The smallest absolute Gasteiger partial charge is 0.190 e. The van der Waals surface area contributed by atoms with E-state index in [0.717, 1.165) is 12.5 Å². The maximum atomic E-state index is 4.22. The predicted molar refractivity (Wildman–Crippen MR) is 80.5 cm³/mol. The summed E-state index contributed by atoms with van der Waals surface area (Å²) in [5, 5.41) is 6.60. The SMILES string of the molecule is CN=C(NC)NCC1(N2CCSCC2)CCCC1. The van der Waals surface area contributed by atoms with Crippen LogP contribution in [0.2, 0.25) is 0 Å². The van der Waals surface area contributed by atoms with Crippen molar-refractivity contribution >= 4 is 17.7 Å². The summed E-state index contributed by atoms with van der Waals surface area (Å²) >= 11 is 2.09. The molecule has 0 aromatic heterocycles. The molecule has 1 saturated heterocycles. The number of nitrogens with zero attached hydrogens (tertiary/aromatic N) is 2. The van der Waals surface area contributed by atoms with Crippen molar-refractivity contribution in [3.63, 3.8) is 0 Å². The van der Waals surface area contributed by atoms with Crippen LogP contribution in [0.25, 0.3) is 0 Å². The predicted octanol–water partition coefficient (Wildman–Crippen LogP) is 1.14. The van der Waals surface area contributed by atoms with Gasteiger partial charge in [0.25, 0.3) is 0 Å². The zero-order valence-electron chi connectivity index (χ0n) is 11.7. The standard InChI is InChI=1S/C13H26N4S/c1-14-12(15-2)16-11-13(5-3-4-6-13)17-7-9-18-10-8-17/h3-11H2,1-2H3,(H2,14,15,16). The minimum absolute atomic E-state index is 0.383. The number of rotatable bonds is 3. The van der Waals surface area contributed by atoms with Gasteiger partial charge >= 0.3 is 0 Å². The Bertz CT molecular complexity index is 281. The van der Waals surface area contributed by atoms with Gasteiger partial charge < -0.3 is 10.6 Å². The van der Waals surface area contributed by atoms with Crippen LogP contribution in [0.1, 0.15) is 25.7 Å². The van der Waals surface area contributed by atoms with Crippen LogP contribution in [0, 0.1) is 0 Å². The third-order valence-electron chi connectivity index (χ3n) is 4.26. The monoisotopic (exact) mass is 270 g/mol. The maximum absolute atomic E-state index is 4.22. The zero-order chi connectivity index (χ0) is 12.8. The molecule has 1 saturated carbocycles. The van der Waals surface area contributed by atoms with Crippen molar-refractivity contribution < 1.29 is 0 Å². The van der Waals surface area contributed by atoms with Crippen LogP contribution in [0.15, 0.2) is 4.99 Å². The van der Waals surface area contributed by atoms with Gasteiger partial charge in [0.1, 0.15) is 0 Å². The summed E-state index contributed by atoms with van der Waals surface area (Å²) in [5.41, 5.74) is 0.383. The van der Waals surface area contributed by atoms with Crippen molar-refractivity contribution in [1.82, 2.24) is 15.5 Å². The van der Waals surface area contributed by atoms with E-state index in [4.69, 9.17) is 0 Å². The Balaban J connectivity index is 1.97. The van der Waals surface area contributed by atoms with Crippen molar-refractivity contribution in [1.29, 1.82) is 0 Å². The van der Waals surface area contributed by atoms with Gasteiger partial charge in [-0.3, -0.25) is 9.89 Å². The fourth-order valence-electron chi connectivity index (χ4n) is 3.20. The normalized spacial score (nSPS) is 25.1. The quantitative estimate of drug-likeness (QED) is 0.596. The van der Waals surface area contributed by atoms with Crippen LogP contribution < -0.4 is 10.6 Å². The highest BCUT2D eigenvalue weighted by Gasteiger charge is 2.39. The van der Waals surface area contributed by atoms with E-state index in [2.05, 4.69) is 32.3 Å². The molecule has 0 bridgehead atoms. The number of thioether (sulfide) groups is 1. The summed E-state index contributed by atoms with van der Waals surface area (Å²) in [7, 11) is 3.76. The molecule has 2 fully saturated rings. The largest absolute Gasteiger partial charge is 0.359 e. The van der Waals surface area contributed by atoms with E-state index < -0.39 is 0 Å². The number of aliphatic imine (C=N–C) groups is 1. The number of nitrogens with one attached hydrogen (secondary N) is 2. The fourth-order valence-corrected chi connectivity index (χ4v) is 4.11. The minimum atomic E-state index is 0.383. The first-order valence-corrected chi connectivity index (χ1v) is 8.17. The molecule has 5 heteroatoms. The summed E-state index contributed by atoms with van der Waals surface area (Å²) in [4.78, 5) is 6.94. The second-order valence-corrected chi connectivity index (χ2v) is 6.43. The fraction of sp³-hybridized carbons (Fsp3) is 0.923. The Labute approximate surface area is 115 Å². The summed E-state index contributed by atoms with van der Waals surface area (Å²) in [5.74, 6) is 3.50. The van der Waals surface area contributed by atoms with E-state index in [-0.39, 0.29) is 0 Å². The molecule has 1 aliphatic carbocycles. The molecule has 4 nitrogen and oxygen atoms in total. The second kappa shape index (κ2) is 6.66. The highest BCUT2D eigenvalue weighted by atomic mass is 32.2. The molecule has 2 rings (SSSR count). The lowest BCUT2D eigenvalue weighted by molar-refractivity contribution is 0.107. The van der Waals surface area contributed by atoms with Gasteiger partial charge in [0.2, 0.25) is 0 Å². The van der Waals surface area contributed by atoms with E-state index in [0.29, 0.717) is 5.54 Å². The summed E-state index contributed by atoms with van der Waals surface area (Å²) < 4.78 is 0. The van der Waals surface area contributed by atoms with Crippen LogP contribution >= 0.6 is 11.8 Å². The molecule has 2 aliphatic rings. The molecule has 0 aromatic rings. The average Bonchev–Trinajstić information content (AvgIpc) is 2.91. The molecule has 1 aliphatic heterocycles. The van der Waals surface area contributed by atoms with Gasteiger partial charge in [-0.05, 0) is 12.8 Å². The Kier molecular flexibility index (Phi) is 5.18. The van der Waals surface area contributed by atoms with Gasteiger partial charge in [-0.25, -0.2) is 0 Å². The molecule has 104 valence electrons. The molecule has 0 amide bonds. The molecular formula is C13H26N4S. The lowest BCUT2D eigenvalue weighted by Crippen LogP contribution is -2.57. The van der Waals surface area contributed by atoms with E-state index in [9.17, 15) is 0 Å². The summed E-state index contributed by atoms with van der Waals surface area (Å²) in [6.45, 7) is 3.54. The first-order chi connectivity index (χ1) is 8.80. The number of hydrogen-bond acceptors (Lipinski definition) is 3. The van der Waals surface area contributed by atoms with Gasteiger partial charge in [0.15, 0.2) is 5.96 Å².